The van der Waals surface area contributed by atoms with Crippen LogP contribution in [0.25, 0.3) is 0 Å². The van der Waals surface area contributed by atoms with Crippen LogP contribution in [-0.2, 0) is 32.6 Å². The van der Waals surface area contributed by atoms with Crippen LogP contribution in [0.4, 0.5) is 5.69 Å². The molecule has 0 bridgehead atoms. The van der Waals surface area contributed by atoms with Crippen LogP contribution in [0.15, 0.2) is 108 Å². The zero-order valence-corrected chi connectivity index (χ0v) is 27.1. The lowest BCUT2D eigenvalue weighted by Gasteiger charge is -2.34. The molecule has 4 rings (SSSR count). The zero-order valence-electron chi connectivity index (χ0n) is 24.8. The number of nitrogens with zero attached hydrogens (tertiary/aromatic N) is 2. The molecule has 10 heteroatoms. The van der Waals surface area contributed by atoms with Gasteiger partial charge in [-0.1, -0.05) is 108 Å². The molecule has 4 aromatic rings. The molecular weight excluding hydrogens is 617 g/mol. The first-order valence-electron chi connectivity index (χ1n) is 14.2. The van der Waals surface area contributed by atoms with Crippen molar-refractivity contribution in [3.05, 3.63) is 130 Å². The Morgan fingerprint density at radius 3 is 2.07 bits per heavy atom. The SMILES string of the molecule is Cc1cccc(CN(C(=O)CN(c2cccc(Cl)c2Cl)S(=O)(=O)c2ccccc2)[C@H](Cc2ccccc2)C(=O)NC(C)C)c1. The molecule has 0 aromatic heterocycles. The van der Waals surface area contributed by atoms with E-state index in [1.165, 1.54) is 23.1 Å². The fourth-order valence-electron chi connectivity index (χ4n) is 4.86. The average Bonchev–Trinajstić information content (AvgIpc) is 2.99. The van der Waals surface area contributed by atoms with E-state index in [0.717, 1.165) is 21.0 Å². The van der Waals surface area contributed by atoms with E-state index in [2.05, 4.69) is 5.32 Å². The van der Waals surface area contributed by atoms with Crippen LogP contribution in [0.2, 0.25) is 10.0 Å². The highest BCUT2D eigenvalue weighted by Crippen LogP contribution is 2.35. The van der Waals surface area contributed by atoms with Gasteiger partial charge in [-0.25, -0.2) is 8.42 Å². The summed E-state index contributed by atoms with van der Waals surface area (Å²) >= 11 is 12.8. The minimum Gasteiger partial charge on any atom is -0.352 e. The number of hydrogen-bond donors (Lipinski definition) is 1. The van der Waals surface area contributed by atoms with Gasteiger partial charge < -0.3 is 10.2 Å². The number of rotatable bonds is 12. The van der Waals surface area contributed by atoms with Crippen LogP contribution in [0.5, 0.6) is 0 Å². The average molecular weight is 653 g/mol. The molecule has 0 saturated carbocycles. The Morgan fingerprint density at radius 2 is 1.43 bits per heavy atom. The van der Waals surface area contributed by atoms with Crippen molar-refractivity contribution in [1.82, 2.24) is 10.2 Å². The van der Waals surface area contributed by atoms with Crippen molar-refractivity contribution in [3.63, 3.8) is 0 Å². The van der Waals surface area contributed by atoms with Crippen molar-refractivity contribution in [1.29, 1.82) is 0 Å². The van der Waals surface area contributed by atoms with Gasteiger partial charge >= 0.3 is 0 Å². The number of amides is 2. The van der Waals surface area contributed by atoms with Crippen LogP contribution < -0.4 is 9.62 Å². The molecule has 0 unspecified atom stereocenters. The van der Waals surface area contributed by atoms with Gasteiger partial charge in [0.05, 0.1) is 20.6 Å². The molecule has 1 atom stereocenters. The number of aryl methyl sites for hydroxylation is 1. The van der Waals surface area contributed by atoms with Gasteiger partial charge in [0.1, 0.15) is 12.6 Å². The molecule has 0 aliphatic carbocycles. The van der Waals surface area contributed by atoms with Gasteiger partial charge in [0.15, 0.2) is 0 Å². The molecule has 4 aromatic carbocycles. The van der Waals surface area contributed by atoms with Crippen LogP contribution in [-0.4, -0.2) is 43.8 Å². The summed E-state index contributed by atoms with van der Waals surface area (Å²) in [5.41, 5.74) is 2.69. The number of carbonyl (C=O) groups is 2. The Kier molecular flexibility index (Phi) is 11.1. The van der Waals surface area contributed by atoms with Crippen LogP contribution >= 0.6 is 23.2 Å². The predicted molar refractivity (Wildman–Crippen MR) is 176 cm³/mol. The minimum absolute atomic E-state index is 0.00917. The lowest BCUT2D eigenvalue weighted by molar-refractivity contribution is -0.140. The first-order chi connectivity index (χ1) is 21.0. The first kappa shape index (κ1) is 33.1. The number of nitrogens with one attached hydrogen (secondary N) is 1. The van der Waals surface area contributed by atoms with E-state index in [1.54, 1.807) is 30.3 Å². The summed E-state index contributed by atoms with van der Waals surface area (Å²) in [6, 6.07) is 28.3. The molecular formula is C34H35Cl2N3O4S. The van der Waals surface area contributed by atoms with Crippen molar-refractivity contribution in [3.8, 4) is 0 Å². The quantitative estimate of drug-likeness (QED) is 0.186. The molecule has 2 amide bonds. The molecule has 7 nitrogen and oxygen atoms in total. The summed E-state index contributed by atoms with van der Waals surface area (Å²) < 4.78 is 29.1. The van der Waals surface area contributed by atoms with Gasteiger partial charge in [0.25, 0.3) is 10.0 Å². The molecule has 0 aliphatic heterocycles. The Labute approximate surface area is 269 Å². The number of carbonyl (C=O) groups excluding carboxylic acids is 2. The van der Waals surface area contributed by atoms with Crippen LogP contribution in [0, 0.1) is 6.92 Å². The molecule has 1 N–H and O–H groups in total. The molecule has 0 aliphatic rings. The first-order valence-corrected chi connectivity index (χ1v) is 16.4. The van der Waals surface area contributed by atoms with Crippen molar-refractivity contribution >= 4 is 50.7 Å². The summed E-state index contributed by atoms with van der Waals surface area (Å²) in [4.78, 5) is 29.7. The summed E-state index contributed by atoms with van der Waals surface area (Å²) in [6.07, 6.45) is 0.223. The van der Waals surface area contributed by atoms with E-state index in [0.29, 0.717) is 0 Å². The lowest BCUT2D eigenvalue weighted by Crippen LogP contribution is -2.54. The summed E-state index contributed by atoms with van der Waals surface area (Å²) in [6.45, 7) is 5.09. The molecule has 0 fully saturated rings. The standard InChI is InChI=1S/C34H35Cl2N3O4S/c1-24(2)37-34(41)31(21-26-13-6-4-7-14-26)38(22-27-15-10-12-25(3)20-27)32(40)23-39(30-19-11-18-29(35)33(30)36)44(42,43)28-16-8-5-9-17-28/h4-20,24,31H,21-23H2,1-3H3,(H,37,41)/t31-/m1/s1. The Morgan fingerprint density at radius 1 is 0.818 bits per heavy atom. The molecule has 0 heterocycles. The second kappa shape index (κ2) is 14.8. The van der Waals surface area contributed by atoms with E-state index in [9.17, 15) is 18.0 Å². The lowest BCUT2D eigenvalue weighted by atomic mass is 10.0. The van der Waals surface area contributed by atoms with Crippen molar-refractivity contribution in [2.45, 2.75) is 50.7 Å². The Hall–Kier alpha value is -3.85. The topological polar surface area (TPSA) is 86.8 Å². The van der Waals surface area contributed by atoms with Crippen LogP contribution in [0.1, 0.15) is 30.5 Å². The second-order valence-corrected chi connectivity index (χ2v) is 13.4. The number of benzene rings is 4. The van der Waals surface area contributed by atoms with E-state index in [-0.39, 0.29) is 45.5 Å². The number of hydrogen-bond acceptors (Lipinski definition) is 4. The largest absolute Gasteiger partial charge is 0.352 e. The van der Waals surface area contributed by atoms with E-state index >= 15 is 0 Å². The normalized spacial score (nSPS) is 12.0. The number of sulfonamides is 1. The maximum atomic E-state index is 14.5. The fourth-order valence-corrected chi connectivity index (χ4v) is 6.75. The summed E-state index contributed by atoms with van der Waals surface area (Å²) in [7, 11) is -4.28. The van der Waals surface area contributed by atoms with E-state index < -0.39 is 28.5 Å². The van der Waals surface area contributed by atoms with Gasteiger partial charge in [0, 0.05) is 19.0 Å². The third-order valence-corrected chi connectivity index (χ3v) is 9.53. The van der Waals surface area contributed by atoms with Crippen molar-refractivity contribution in [2.24, 2.45) is 0 Å². The highest BCUT2D eigenvalue weighted by Gasteiger charge is 2.35. The Bertz CT molecular complexity index is 1700. The van der Waals surface area contributed by atoms with E-state index in [1.807, 2.05) is 75.4 Å². The number of anilines is 1. The van der Waals surface area contributed by atoms with Gasteiger partial charge in [-0.05, 0) is 56.2 Å². The van der Waals surface area contributed by atoms with Gasteiger partial charge in [-0.15, -0.1) is 0 Å². The van der Waals surface area contributed by atoms with Gasteiger partial charge in [-0.3, -0.25) is 13.9 Å². The van der Waals surface area contributed by atoms with Crippen molar-refractivity contribution in [2.75, 3.05) is 10.8 Å². The highest BCUT2D eigenvalue weighted by atomic mass is 35.5. The molecule has 0 saturated heterocycles. The second-order valence-electron chi connectivity index (χ2n) is 10.8. The summed E-state index contributed by atoms with van der Waals surface area (Å²) in [5, 5.41) is 3.08. The van der Waals surface area contributed by atoms with Crippen molar-refractivity contribution < 1.29 is 18.0 Å². The maximum Gasteiger partial charge on any atom is 0.264 e. The zero-order chi connectivity index (χ0) is 31.9. The molecule has 44 heavy (non-hydrogen) atoms. The number of halogens is 2. The van der Waals surface area contributed by atoms with Crippen LogP contribution in [0.3, 0.4) is 0 Å². The Balaban J connectivity index is 1.83. The van der Waals surface area contributed by atoms with E-state index in [4.69, 9.17) is 23.2 Å². The van der Waals surface area contributed by atoms with Gasteiger partial charge in [0.2, 0.25) is 11.8 Å². The molecule has 230 valence electrons. The summed E-state index contributed by atoms with van der Waals surface area (Å²) in [5.74, 6) is -0.926. The molecule has 0 spiro atoms. The monoisotopic (exact) mass is 651 g/mol. The third-order valence-electron chi connectivity index (χ3n) is 6.95. The predicted octanol–water partition coefficient (Wildman–Crippen LogP) is 6.66. The minimum atomic E-state index is -4.28. The van der Waals surface area contributed by atoms with Gasteiger partial charge in [-0.2, -0.15) is 0 Å². The smallest absolute Gasteiger partial charge is 0.264 e. The maximum absolute atomic E-state index is 14.5. The third kappa shape index (κ3) is 8.20. The highest BCUT2D eigenvalue weighted by molar-refractivity contribution is 7.92. The fraction of sp³-hybridized carbons (Fsp3) is 0.235. The molecule has 0 radical (unpaired) electrons.